The van der Waals surface area contributed by atoms with Crippen LogP contribution in [0.15, 0.2) is 41.3 Å². The Hall–Kier alpha value is -3.51. The van der Waals surface area contributed by atoms with E-state index in [1.807, 2.05) is 6.07 Å². The van der Waals surface area contributed by atoms with Gasteiger partial charge in [-0.25, -0.2) is 9.37 Å². The molecule has 0 saturated carbocycles. The Morgan fingerprint density at radius 2 is 2.03 bits per heavy atom. The van der Waals surface area contributed by atoms with Gasteiger partial charge in [0.15, 0.2) is 11.8 Å². The summed E-state index contributed by atoms with van der Waals surface area (Å²) >= 11 is 6.54. The Morgan fingerprint density at radius 3 is 2.87 bits per heavy atom. The lowest BCUT2D eigenvalue weighted by atomic mass is 9.99. The van der Waals surface area contributed by atoms with E-state index in [1.54, 1.807) is 25.4 Å². The van der Waals surface area contributed by atoms with Gasteiger partial charge in [0.25, 0.3) is 11.6 Å². The zero-order valence-electron chi connectivity index (χ0n) is 20.9. The number of nitrogens with one attached hydrogen (secondary N) is 2. The first-order valence-electron chi connectivity index (χ1n) is 12.7. The van der Waals surface area contributed by atoms with Gasteiger partial charge in [-0.2, -0.15) is 4.98 Å². The number of aryl methyl sites for hydroxylation is 2. The minimum atomic E-state index is -0.669. The molecule has 1 aliphatic carbocycles. The number of aromatic nitrogens is 4. The van der Waals surface area contributed by atoms with Gasteiger partial charge in [-0.05, 0) is 47.7 Å². The van der Waals surface area contributed by atoms with Crippen LogP contribution in [0.5, 0.6) is 6.01 Å². The number of ether oxygens (including phenoxy) is 3. The maximum Gasteiger partial charge on any atom is 0.296 e. The zero-order valence-corrected chi connectivity index (χ0v) is 21.6. The molecule has 0 amide bonds. The number of nitrogens with zero attached hydrogens (tertiary/aromatic N) is 3. The number of H-pyrrole nitrogens is 1. The van der Waals surface area contributed by atoms with E-state index in [9.17, 15) is 9.90 Å². The lowest BCUT2D eigenvalue weighted by Gasteiger charge is -2.17. The maximum absolute atomic E-state index is 15.4. The number of halogens is 2. The molecule has 202 valence electrons. The summed E-state index contributed by atoms with van der Waals surface area (Å²) in [6, 6.07) is 8.33. The van der Waals surface area contributed by atoms with Gasteiger partial charge in [0, 0.05) is 24.9 Å². The third-order valence-electron chi connectivity index (χ3n) is 7.66. The highest BCUT2D eigenvalue weighted by molar-refractivity contribution is 6.33. The quantitative estimate of drug-likeness (QED) is 0.344. The van der Waals surface area contributed by atoms with Crippen molar-refractivity contribution in [3.63, 3.8) is 0 Å². The number of aliphatic hydroxyl groups excluding tert-OH is 1. The molecular weight excluding hydrogens is 529 g/mol. The third kappa shape index (κ3) is 4.26. The molecule has 3 N–H and O–H groups in total. The fourth-order valence-electron chi connectivity index (χ4n) is 5.66. The number of anilines is 1. The minimum absolute atomic E-state index is 0.151. The molecule has 39 heavy (non-hydrogen) atoms. The average Bonchev–Trinajstić information content (AvgIpc) is 3.67. The number of pyridine rings is 2. The summed E-state index contributed by atoms with van der Waals surface area (Å²) in [6.45, 7) is 0.486. The number of imidazole rings is 1. The fraction of sp³-hybridized carbons (Fsp3) is 0.370. The van der Waals surface area contributed by atoms with Gasteiger partial charge in [0.1, 0.15) is 29.9 Å². The fourth-order valence-corrected chi connectivity index (χ4v) is 5.87. The molecule has 12 heteroatoms. The predicted octanol–water partition coefficient (Wildman–Crippen LogP) is 3.12. The van der Waals surface area contributed by atoms with Crippen LogP contribution in [-0.2, 0) is 22.9 Å². The highest BCUT2D eigenvalue weighted by atomic mass is 35.5. The first-order chi connectivity index (χ1) is 18.8. The van der Waals surface area contributed by atoms with E-state index < -0.39 is 18.3 Å². The van der Waals surface area contributed by atoms with Crippen LogP contribution in [0, 0.1) is 5.82 Å². The number of aliphatic hydroxyl groups is 1. The van der Waals surface area contributed by atoms with E-state index >= 15 is 4.39 Å². The molecule has 3 aromatic heterocycles. The van der Waals surface area contributed by atoms with E-state index in [0.717, 1.165) is 5.56 Å². The maximum atomic E-state index is 15.4. The Bertz CT molecular complexity index is 1660. The molecule has 2 saturated heterocycles. The van der Waals surface area contributed by atoms with Crippen molar-refractivity contribution in [2.24, 2.45) is 7.05 Å². The summed E-state index contributed by atoms with van der Waals surface area (Å²) in [5.41, 5.74) is 3.62. The van der Waals surface area contributed by atoms with E-state index in [4.69, 9.17) is 25.8 Å². The van der Waals surface area contributed by atoms with E-state index in [2.05, 4.69) is 20.3 Å². The van der Waals surface area contributed by atoms with Crippen LogP contribution < -0.4 is 15.6 Å². The number of rotatable bonds is 5. The predicted molar refractivity (Wildman–Crippen MR) is 141 cm³/mol. The molecule has 3 unspecified atom stereocenters. The van der Waals surface area contributed by atoms with Crippen molar-refractivity contribution < 1.29 is 23.7 Å². The van der Waals surface area contributed by atoms with Crippen LogP contribution in [-0.4, -0.2) is 62.3 Å². The van der Waals surface area contributed by atoms with Gasteiger partial charge >= 0.3 is 0 Å². The van der Waals surface area contributed by atoms with Crippen molar-refractivity contribution in [2.45, 2.75) is 43.3 Å². The van der Waals surface area contributed by atoms with Gasteiger partial charge in [0.05, 0.1) is 29.8 Å². The molecule has 2 fully saturated rings. The lowest BCUT2D eigenvalue weighted by molar-refractivity contribution is 0.00706. The van der Waals surface area contributed by atoms with Crippen molar-refractivity contribution in [3.05, 3.63) is 68.8 Å². The Balaban J connectivity index is 1.12. The molecule has 3 aliphatic rings. The molecule has 1 aromatic carbocycles. The van der Waals surface area contributed by atoms with Crippen molar-refractivity contribution in [3.8, 4) is 17.1 Å². The van der Waals surface area contributed by atoms with Crippen LogP contribution in [0.3, 0.4) is 0 Å². The second kappa shape index (κ2) is 9.30. The van der Waals surface area contributed by atoms with Gasteiger partial charge in [-0.15, -0.1) is 0 Å². The van der Waals surface area contributed by atoms with Crippen LogP contribution in [0.25, 0.3) is 22.3 Å². The molecule has 2 aliphatic heterocycles. The molecule has 10 nitrogen and oxygen atoms in total. The van der Waals surface area contributed by atoms with Gasteiger partial charge in [0.2, 0.25) is 0 Å². The van der Waals surface area contributed by atoms with Crippen LogP contribution in [0.2, 0.25) is 5.02 Å². The van der Waals surface area contributed by atoms with Crippen molar-refractivity contribution in [1.82, 2.24) is 19.5 Å². The Morgan fingerprint density at radius 1 is 1.18 bits per heavy atom. The summed E-state index contributed by atoms with van der Waals surface area (Å²) in [4.78, 5) is 24.1. The second-order valence-electron chi connectivity index (χ2n) is 10.2. The topological polar surface area (TPSA) is 124 Å². The Labute approximate surface area is 226 Å². The van der Waals surface area contributed by atoms with Gasteiger partial charge in [-0.1, -0.05) is 17.7 Å². The smallest absolute Gasteiger partial charge is 0.296 e. The number of hydrogen-bond acceptors (Lipinski definition) is 8. The summed E-state index contributed by atoms with van der Waals surface area (Å²) in [5, 5.41) is 13.6. The summed E-state index contributed by atoms with van der Waals surface area (Å²) in [7, 11) is 1.68. The van der Waals surface area contributed by atoms with E-state index in [1.165, 1.54) is 16.7 Å². The van der Waals surface area contributed by atoms with Crippen molar-refractivity contribution in [1.29, 1.82) is 0 Å². The van der Waals surface area contributed by atoms with Crippen LogP contribution in [0.4, 0.5) is 10.2 Å². The molecule has 5 heterocycles. The number of aromatic amines is 1. The first-order valence-corrected chi connectivity index (χ1v) is 13.1. The average molecular weight is 554 g/mol. The number of benzene rings is 1. The van der Waals surface area contributed by atoms with Crippen LogP contribution in [0.1, 0.15) is 23.6 Å². The third-order valence-corrected chi connectivity index (χ3v) is 7.95. The second-order valence-corrected chi connectivity index (χ2v) is 10.6. The Kier molecular flexibility index (Phi) is 5.85. The molecular formula is C27H25ClFN5O5. The molecule has 0 spiro atoms. The largest absolute Gasteiger partial charge is 0.456 e. The summed E-state index contributed by atoms with van der Waals surface area (Å²) in [5.74, 6) is 0.0452. The summed E-state index contributed by atoms with van der Waals surface area (Å²) in [6.07, 6.45) is 1.15. The standard InChI is InChI=1S/C27H25ClFN5O5/c1-34-5-4-12(8-21(34)36)14-6-13-2-3-17(22(13)16(29)7-14)30-25-15(28)9-18-26(32-25)33-27(31-18)39-20-11-38-23-19(35)10-37-24(20)23/h4-9,17,19-20,23-24,35H,2-3,10-11H2,1H3,(H2,30,31,32,33)/t17?,19-,20-,23?,24?/m1/s1. The first kappa shape index (κ1) is 24.5. The number of hydrogen-bond donors (Lipinski definition) is 3. The highest BCUT2D eigenvalue weighted by Gasteiger charge is 2.48. The van der Waals surface area contributed by atoms with E-state index in [0.29, 0.717) is 51.5 Å². The number of fused-ring (bicyclic) bond motifs is 3. The lowest BCUT2D eigenvalue weighted by Crippen LogP contribution is -2.34. The highest BCUT2D eigenvalue weighted by Crippen LogP contribution is 2.39. The van der Waals surface area contributed by atoms with Gasteiger partial charge < -0.3 is 34.2 Å². The molecule has 7 rings (SSSR count). The SMILES string of the molecule is Cn1ccc(-c2cc(F)c3c(c2)CCC3Nc2nc3nc(O[C@@H]4COC5C4OC[C@H]5O)[nH]c3cc2Cl)cc1=O. The summed E-state index contributed by atoms with van der Waals surface area (Å²) < 4.78 is 34.0. The van der Waals surface area contributed by atoms with Crippen molar-refractivity contribution in [2.75, 3.05) is 18.5 Å². The van der Waals surface area contributed by atoms with Gasteiger partial charge in [-0.3, -0.25) is 4.79 Å². The minimum Gasteiger partial charge on any atom is -0.456 e. The van der Waals surface area contributed by atoms with Crippen molar-refractivity contribution >= 4 is 28.6 Å². The normalized spacial score (nSPS) is 25.7. The van der Waals surface area contributed by atoms with Crippen LogP contribution >= 0.6 is 11.6 Å². The molecule has 0 bridgehead atoms. The molecule has 4 aromatic rings. The zero-order chi connectivity index (χ0) is 26.8. The molecule has 0 radical (unpaired) electrons. The van der Waals surface area contributed by atoms with E-state index in [-0.39, 0.29) is 42.7 Å². The monoisotopic (exact) mass is 553 g/mol. The molecule has 5 atom stereocenters.